The van der Waals surface area contributed by atoms with E-state index in [4.69, 9.17) is 9.47 Å². The zero-order valence-electron chi connectivity index (χ0n) is 7.44. The minimum Gasteiger partial charge on any atom is -0.477 e. The van der Waals surface area contributed by atoms with Crippen LogP contribution in [0.4, 0.5) is 0 Å². The molecule has 1 rings (SSSR count). The lowest BCUT2D eigenvalue weighted by atomic mass is 10.5. The summed E-state index contributed by atoms with van der Waals surface area (Å²) in [4.78, 5) is 7.92. The molecular weight excluding hydrogens is 156 g/mol. The van der Waals surface area contributed by atoms with E-state index >= 15 is 0 Å². The smallest absolute Gasteiger partial charge is 0.278 e. The van der Waals surface area contributed by atoms with Crippen molar-refractivity contribution in [1.29, 1.82) is 0 Å². The van der Waals surface area contributed by atoms with Crippen LogP contribution in [0.2, 0.25) is 0 Å². The van der Waals surface area contributed by atoms with E-state index in [2.05, 4.69) is 9.97 Å². The molecule has 0 atom stereocenters. The summed E-state index contributed by atoms with van der Waals surface area (Å²) in [6.45, 7) is 3.85. The molecule has 0 aliphatic rings. The van der Waals surface area contributed by atoms with E-state index < -0.39 is 0 Å². The van der Waals surface area contributed by atoms with Crippen LogP contribution in [0.5, 0.6) is 11.8 Å². The van der Waals surface area contributed by atoms with Crippen LogP contribution in [0.15, 0.2) is 12.4 Å². The minimum absolute atomic E-state index is 0.0793. The lowest BCUT2D eigenvalue weighted by Gasteiger charge is -2.09. The van der Waals surface area contributed by atoms with Gasteiger partial charge in [0.25, 0.3) is 11.8 Å². The molecule has 1 heterocycles. The Balaban J connectivity index is 2.82. The van der Waals surface area contributed by atoms with E-state index in [-0.39, 0.29) is 6.10 Å². The largest absolute Gasteiger partial charge is 0.477 e. The van der Waals surface area contributed by atoms with Crippen molar-refractivity contribution in [3.05, 3.63) is 12.4 Å². The standard InChI is InChI=1S/C8H12N2O2/c1-6(2)12-8-7(11-3)9-4-5-10-8/h4-6H,1-3H3. The van der Waals surface area contributed by atoms with Crippen molar-refractivity contribution >= 4 is 0 Å². The van der Waals surface area contributed by atoms with Crippen molar-refractivity contribution in [2.75, 3.05) is 7.11 Å². The molecule has 0 saturated carbocycles. The number of aromatic nitrogens is 2. The van der Waals surface area contributed by atoms with Crippen LogP contribution in [0.3, 0.4) is 0 Å². The highest BCUT2D eigenvalue weighted by Crippen LogP contribution is 2.20. The first-order valence-corrected chi connectivity index (χ1v) is 3.75. The van der Waals surface area contributed by atoms with E-state index in [1.54, 1.807) is 12.4 Å². The quantitative estimate of drug-likeness (QED) is 0.681. The molecular formula is C8H12N2O2. The van der Waals surface area contributed by atoms with Crippen molar-refractivity contribution in [2.24, 2.45) is 0 Å². The van der Waals surface area contributed by atoms with Crippen LogP contribution in [0, 0.1) is 0 Å². The summed E-state index contributed by atoms with van der Waals surface area (Å²) in [6, 6.07) is 0. The molecule has 1 aromatic heterocycles. The third-order valence-electron chi connectivity index (χ3n) is 1.17. The number of nitrogens with zero attached hydrogens (tertiary/aromatic N) is 2. The molecule has 4 heteroatoms. The number of ether oxygens (including phenoxy) is 2. The molecule has 0 unspecified atom stereocenters. The normalized spacial score (nSPS) is 10.0. The first-order chi connectivity index (χ1) is 5.74. The molecule has 0 aliphatic heterocycles. The summed E-state index contributed by atoms with van der Waals surface area (Å²) in [5, 5.41) is 0. The maximum atomic E-state index is 5.34. The van der Waals surface area contributed by atoms with E-state index in [1.807, 2.05) is 13.8 Å². The Labute approximate surface area is 71.6 Å². The Morgan fingerprint density at radius 3 is 2.25 bits per heavy atom. The number of rotatable bonds is 3. The highest BCUT2D eigenvalue weighted by atomic mass is 16.5. The summed E-state index contributed by atoms with van der Waals surface area (Å²) in [7, 11) is 1.54. The predicted molar refractivity (Wildman–Crippen MR) is 44.3 cm³/mol. The van der Waals surface area contributed by atoms with Gasteiger partial charge in [-0.3, -0.25) is 0 Å². The average Bonchev–Trinajstić information content (AvgIpc) is 2.04. The van der Waals surface area contributed by atoms with Gasteiger partial charge in [-0.15, -0.1) is 0 Å². The molecule has 0 saturated heterocycles. The van der Waals surface area contributed by atoms with Crippen LogP contribution < -0.4 is 9.47 Å². The van der Waals surface area contributed by atoms with Gasteiger partial charge in [0.1, 0.15) is 0 Å². The first kappa shape index (κ1) is 8.77. The topological polar surface area (TPSA) is 44.2 Å². The van der Waals surface area contributed by atoms with Crippen LogP contribution in [0.1, 0.15) is 13.8 Å². The SMILES string of the molecule is COc1nccnc1OC(C)C. The van der Waals surface area contributed by atoms with Gasteiger partial charge in [0.05, 0.1) is 13.2 Å². The third kappa shape index (κ3) is 2.08. The van der Waals surface area contributed by atoms with E-state index in [1.165, 1.54) is 7.11 Å². The molecule has 66 valence electrons. The Morgan fingerprint density at radius 1 is 1.17 bits per heavy atom. The average molecular weight is 168 g/mol. The van der Waals surface area contributed by atoms with Crippen molar-refractivity contribution in [1.82, 2.24) is 9.97 Å². The second kappa shape index (κ2) is 3.90. The Bertz CT molecular complexity index is 251. The lowest BCUT2D eigenvalue weighted by Crippen LogP contribution is -2.08. The van der Waals surface area contributed by atoms with Crippen LogP contribution in [-0.4, -0.2) is 23.2 Å². The van der Waals surface area contributed by atoms with Gasteiger partial charge in [-0.05, 0) is 13.8 Å². The molecule has 0 aromatic carbocycles. The van der Waals surface area contributed by atoms with Gasteiger partial charge < -0.3 is 9.47 Å². The van der Waals surface area contributed by atoms with E-state index in [9.17, 15) is 0 Å². The molecule has 0 amide bonds. The van der Waals surface area contributed by atoms with Gasteiger partial charge in [-0.25, -0.2) is 9.97 Å². The summed E-state index contributed by atoms with van der Waals surface area (Å²) in [6.07, 6.45) is 3.21. The summed E-state index contributed by atoms with van der Waals surface area (Å²) < 4.78 is 10.3. The van der Waals surface area contributed by atoms with Gasteiger partial charge >= 0.3 is 0 Å². The lowest BCUT2D eigenvalue weighted by molar-refractivity contribution is 0.217. The number of methoxy groups -OCH3 is 1. The van der Waals surface area contributed by atoms with Gasteiger partial charge in [-0.2, -0.15) is 0 Å². The fourth-order valence-corrected chi connectivity index (χ4v) is 0.757. The van der Waals surface area contributed by atoms with Crippen molar-refractivity contribution in [3.8, 4) is 11.8 Å². The molecule has 0 radical (unpaired) electrons. The zero-order valence-corrected chi connectivity index (χ0v) is 7.44. The van der Waals surface area contributed by atoms with Gasteiger partial charge in [0.15, 0.2) is 0 Å². The molecule has 0 fully saturated rings. The fourth-order valence-electron chi connectivity index (χ4n) is 0.757. The zero-order chi connectivity index (χ0) is 8.97. The summed E-state index contributed by atoms with van der Waals surface area (Å²) in [5.41, 5.74) is 0. The Hall–Kier alpha value is -1.32. The van der Waals surface area contributed by atoms with Gasteiger partial charge in [0.2, 0.25) is 0 Å². The number of hydrogen-bond donors (Lipinski definition) is 0. The van der Waals surface area contributed by atoms with Crippen LogP contribution in [-0.2, 0) is 0 Å². The Kier molecular flexibility index (Phi) is 2.85. The van der Waals surface area contributed by atoms with Crippen molar-refractivity contribution < 1.29 is 9.47 Å². The minimum atomic E-state index is 0.0793. The van der Waals surface area contributed by atoms with Crippen molar-refractivity contribution in [2.45, 2.75) is 20.0 Å². The molecule has 1 aromatic rings. The number of hydrogen-bond acceptors (Lipinski definition) is 4. The molecule has 4 nitrogen and oxygen atoms in total. The van der Waals surface area contributed by atoms with E-state index in [0.717, 1.165) is 0 Å². The Morgan fingerprint density at radius 2 is 1.75 bits per heavy atom. The second-order valence-electron chi connectivity index (χ2n) is 2.54. The van der Waals surface area contributed by atoms with Crippen LogP contribution in [0.25, 0.3) is 0 Å². The molecule has 0 aliphatic carbocycles. The predicted octanol–water partition coefficient (Wildman–Crippen LogP) is 1.27. The third-order valence-corrected chi connectivity index (χ3v) is 1.17. The summed E-state index contributed by atoms with van der Waals surface area (Å²) >= 11 is 0. The van der Waals surface area contributed by atoms with E-state index in [0.29, 0.717) is 11.8 Å². The highest BCUT2D eigenvalue weighted by Gasteiger charge is 2.07. The molecule has 0 N–H and O–H groups in total. The molecule has 0 bridgehead atoms. The maximum Gasteiger partial charge on any atom is 0.278 e. The first-order valence-electron chi connectivity index (χ1n) is 3.75. The van der Waals surface area contributed by atoms with Crippen LogP contribution >= 0.6 is 0 Å². The van der Waals surface area contributed by atoms with Gasteiger partial charge in [0, 0.05) is 12.4 Å². The molecule has 0 spiro atoms. The second-order valence-corrected chi connectivity index (χ2v) is 2.54. The maximum absolute atomic E-state index is 5.34. The molecule has 12 heavy (non-hydrogen) atoms. The summed E-state index contributed by atoms with van der Waals surface area (Å²) in [5.74, 6) is 0.862. The van der Waals surface area contributed by atoms with Gasteiger partial charge in [-0.1, -0.05) is 0 Å². The fraction of sp³-hybridized carbons (Fsp3) is 0.500. The monoisotopic (exact) mass is 168 g/mol. The van der Waals surface area contributed by atoms with Crippen molar-refractivity contribution in [3.63, 3.8) is 0 Å². The highest BCUT2D eigenvalue weighted by molar-refractivity contribution is 5.23.